The molecular weight excluding hydrogens is 509 g/mol. The van der Waals surface area contributed by atoms with Crippen molar-refractivity contribution >= 4 is 48.1 Å². The lowest BCUT2D eigenvalue weighted by atomic mass is 9.96. The Kier molecular flexibility index (Phi) is 9.63. The second-order valence-electron chi connectivity index (χ2n) is 9.62. The molecule has 2 aromatic rings. The fraction of sp³-hybridized carbons (Fsp3) is 0.560. The van der Waals surface area contributed by atoms with Crippen molar-refractivity contribution in [1.29, 1.82) is 0 Å². The molecule has 1 amide bonds. The third-order valence-electron chi connectivity index (χ3n) is 7.40. The summed E-state index contributed by atoms with van der Waals surface area (Å²) in [5.41, 5.74) is 3.46. The minimum absolute atomic E-state index is 0. The molecule has 1 N–H and O–H groups in total. The molecule has 0 saturated carbocycles. The molecule has 7 nitrogen and oxygen atoms in total. The maximum Gasteiger partial charge on any atom is 0.231 e. The van der Waals surface area contributed by atoms with Gasteiger partial charge < -0.3 is 14.9 Å². The number of likely N-dealkylation sites (tertiary alicyclic amines) is 1. The molecule has 2 aliphatic heterocycles. The Balaban J connectivity index is 0.00000171. The van der Waals surface area contributed by atoms with E-state index >= 15 is 0 Å². The number of aryl methyl sites for hydroxylation is 1. The van der Waals surface area contributed by atoms with E-state index in [0.717, 1.165) is 50.3 Å². The molecule has 35 heavy (non-hydrogen) atoms. The highest BCUT2D eigenvalue weighted by Gasteiger charge is 2.34. The van der Waals surface area contributed by atoms with Crippen LogP contribution in [0.15, 0.2) is 30.6 Å². The number of nitrogens with zero attached hydrogens (tertiary/aromatic N) is 5. The molecule has 1 aromatic carbocycles. The van der Waals surface area contributed by atoms with Crippen molar-refractivity contribution in [3.05, 3.63) is 52.4 Å². The Labute approximate surface area is 224 Å². The van der Waals surface area contributed by atoms with E-state index < -0.39 is 0 Å². The Bertz CT molecular complexity index is 1000. The third kappa shape index (κ3) is 6.03. The first-order valence-electron chi connectivity index (χ1n) is 12.0. The summed E-state index contributed by atoms with van der Waals surface area (Å²) in [6.45, 7) is 7.23. The first kappa shape index (κ1) is 27.9. The van der Waals surface area contributed by atoms with Gasteiger partial charge >= 0.3 is 0 Å². The number of benzene rings is 1. The van der Waals surface area contributed by atoms with Crippen molar-refractivity contribution in [2.24, 2.45) is 0 Å². The predicted octanol–water partition coefficient (Wildman–Crippen LogP) is 3.52. The number of rotatable bonds is 5. The van der Waals surface area contributed by atoms with Crippen LogP contribution in [0.25, 0.3) is 0 Å². The maximum atomic E-state index is 13.7. The molecule has 0 unspecified atom stereocenters. The standard InChI is InChI=1S/C25H32ClN5O2.2ClH/c1-17-2-7-22-23(17)24(28-16-27-22)30-10-12-31(13-11-30)25(33)21(15-29-9-8-20(32)14-29)18-3-5-19(26)6-4-18;;/h3-6,16-17,20-21,32H,2,7-15H2,1H3;2*1H/t17-,20-,21+;;/m1../s1. The number of carbonyl (C=O) groups is 1. The van der Waals surface area contributed by atoms with Gasteiger partial charge in [-0.2, -0.15) is 0 Å². The maximum absolute atomic E-state index is 13.7. The third-order valence-corrected chi connectivity index (χ3v) is 7.65. The van der Waals surface area contributed by atoms with E-state index in [4.69, 9.17) is 11.6 Å². The lowest BCUT2D eigenvalue weighted by Gasteiger charge is -2.38. The number of anilines is 1. The highest BCUT2D eigenvalue weighted by Crippen LogP contribution is 2.37. The number of aliphatic hydroxyl groups is 1. The molecule has 10 heteroatoms. The molecule has 192 valence electrons. The minimum Gasteiger partial charge on any atom is -0.392 e. The Morgan fingerprint density at radius 2 is 1.80 bits per heavy atom. The van der Waals surface area contributed by atoms with E-state index in [1.165, 1.54) is 11.3 Å². The van der Waals surface area contributed by atoms with E-state index in [9.17, 15) is 9.90 Å². The number of β-amino-alcohol motifs (C(OH)–C–C–N with tert-alkyl or cyclic N) is 1. The first-order valence-corrected chi connectivity index (χ1v) is 12.4. The number of aliphatic hydroxyl groups excluding tert-OH is 1. The summed E-state index contributed by atoms with van der Waals surface area (Å²) >= 11 is 6.10. The molecule has 1 aliphatic carbocycles. The fourth-order valence-electron chi connectivity index (χ4n) is 5.49. The van der Waals surface area contributed by atoms with Gasteiger partial charge in [-0.3, -0.25) is 9.69 Å². The zero-order chi connectivity index (χ0) is 22.9. The van der Waals surface area contributed by atoms with Gasteiger partial charge in [0, 0.05) is 62.1 Å². The number of halogens is 3. The van der Waals surface area contributed by atoms with Crippen LogP contribution in [-0.4, -0.2) is 82.7 Å². The van der Waals surface area contributed by atoms with Gasteiger partial charge in [-0.1, -0.05) is 30.7 Å². The fourth-order valence-corrected chi connectivity index (χ4v) is 5.62. The predicted molar refractivity (Wildman–Crippen MR) is 143 cm³/mol. The molecule has 3 heterocycles. The lowest BCUT2D eigenvalue weighted by Crippen LogP contribution is -2.51. The van der Waals surface area contributed by atoms with Gasteiger partial charge in [0.15, 0.2) is 0 Å². The van der Waals surface area contributed by atoms with Crippen LogP contribution in [0.5, 0.6) is 0 Å². The van der Waals surface area contributed by atoms with Crippen LogP contribution in [-0.2, 0) is 11.2 Å². The van der Waals surface area contributed by atoms with Crippen LogP contribution in [0.4, 0.5) is 5.82 Å². The molecule has 0 radical (unpaired) electrons. The summed E-state index contributed by atoms with van der Waals surface area (Å²) in [6.07, 6.45) is 4.31. The second kappa shape index (κ2) is 12.1. The van der Waals surface area contributed by atoms with E-state index in [1.807, 2.05) is 29.2 Å². The molecule has 1 aromatic heterocycles. The van der Waals surface area contributed by atoms with Gasteiger partial charge in [0.05, 0.1) is 12.0 Å². The molecular formula is C25H34Cl3N5O2. The van der Waals surface area contributed by atoms with E-state index in [-0.39, 0.29) is 42.7 Å². The van der Waals surface area contributed by atoms with Gasteiger partial charge in [0.25, 0.3) is 0 Å². The van der Waals surface area contributed by atoms with Crippen LogP contribution in [0.2, 0.25) is 5.02 Å². The number of amides is 1. The van der Waals surface area contributed by atoms with Crippen LogP contribution in [0.3, 0.4) is 0 Å². The van der Waals surface area contributed by atoms with Gasteiger partial charge in [0.1, 0.15) is 12.1 Å². The van der Waals surface area contributed by atoms with E-state index in [0.29, 0.717) is 37.1 Å². The average Bonchev–Trinajstić information content (AvgIpc) is 3.43. The summed E-state index contributed by atoms with van der Waals surface area (Å²) in [6, 6.07) is 7.62. The second-order valence-corrected chi connectivity index (χ2v) is 10.1. The lowest BCUT2D eigenvalue weighted by molar-refractivity contribution is -0.133. The largest absolute Gasteiger partial charge is 0.392 e. The zero-order valence-electron chi connectivity index (χ0n) is 20.0. The van der Waals surface area contributed by atoms with E-state index in [1.54, 1.807) is 6.33 Å². The van der Waals surface area contributed by atoms with Crippen molar-refractivity contribution in [2.45, 2.75) is 44.1 Å². The Morgan fingerprint density at radius 3 is 2.46 bits per heavy atom. The molecule has 3 atom stereocenters. The SMILES string of the molecule is C[C@@H]1CCc2ncnc(N3CCN(C(=O)[C@@H](CN4CC[C@@H](O)C4)c4ccc(Cl)cc4)CC3)c21.Cl.Cl. The highest BCUT2D eigenvalue weighted by atomic mass is 35.5. The first-order chi connectivity index (χ1) is 16.0. The van der Waals surface area contributed by atoms with Gasteiger partial charge in [0.2, 0.25) is 5.91 Å². The Hall–Kier alpha value is -1.64. The van der Waals surface area contributed by atoms with Gasteiger partial charge in [-0.05, 0) is 42.9 Å². The van der Waals surface area contributed by atoms with Crippen LogP contribution >= 0.6 is 36.4 Å². The molecule has 3 aliphatic rings. The van der Waals surface area contributed by atoms with Crippen molar-refractivity contribution in [1.82, 2.24) is 19.8 Å². The zero-order valence-corrected chi connectivity index (χ0v) is 22.4. The molecule has 2 saturated heterocycles. The quantitative estimate of drug-likeness (QED) is 0.623. The summed E-state index contributed by atoms with van der Waals surface area (Å²) in [4.78, 5) is 29.3. The molecule has 0 bridgehead atoms. The van der Waals surface area contributed by atoms with Crippen LogP contribution in [0.1, 0.15) is 48.4 Å². The van der Waals surface area contributed by atoms with E-state index in [2.05, 4.69) is 26.7 Å². The van der Waals surface area contributed by atoms with Gasteiger partial charge in [-0.15, -0.1) is 24.8 Å². The van der Waals surface area contributed by atoms with Crippen LogP contribution in [0, 0.1) is 0 Å². The normalized spacial score (nSPS) is 22.8. The number of hydrogen-bond donors (Lipinski definition) is 1. The number of piperazine rings is 1. The van der Waals surface area contributed by atoms with Crippen molar-refractivity contribution in [2.75, 3.05) is 50.7 Å². The molecule has 2 fully saturated rings. The minimum atomic E-state index is -0.300. The summed E-state index contributed by atoms with van der Waals surface area (Å²) in [5, 5.41) is 10.6. The number of carbonyl (C=O) groups excluding carboxylic acids is 1. The topological polar surface area (TPSA) is 72.8 Å². The molecule has 5 rings (SSSR count). The summed E-state index contributed by atoms with van der Waals surface area (Å²) < 4.78 is 0. The van der Waals surface area contributed by atoms with Gasteiger partial charge in [-0.25, -0.2) is 9.97 Å². The monoisotopic (exact) mass is 541 g/mol. The summed E-state index contributed by atoms with van der Waals surface area (Å²) in [5.74, 6) is 1.43. The van der Waals surface area contributed by atoms with Crippen molar-refractivity contribution < 1.29 is 9.90 Å². The van der Waals surface area contributed by atoms with Crippen molar-refractivity contribution in [3.8, 4) is 0 Å². The smallest absolute Gasteiger partial charge is 0.231 e. The number of hydrogen-bond acceptors (Lipinski definition) is 6. The summed E-state index contributed by atoms with van der Waals surface area (Å²) in [7, 11) is 0. The molecule has 0 spiro atoms. The highest BCUT2D eigenvalue weighted by molar-refractivity contribution is 6.30. The van der Waals surface area contributed by atoms with Crippen LogP contribution < -0.4 is 4.90 Å². The van der Waals surface area contributed by atoms with Crippen molar-refractivity contribution in [3.63, 3.8) is 0 Å². The number of fused-ring (bicyclic) bond motifs is 1. The average molecular weight is 543 g/mol. The number of aromatic nitrogens is 2. The Morgan fingerprint density at radius 1 is 1.09 bits per heavy atom.